The Balaban J connectivity index is 3.00. The van der Waals surface area contributed by atoms with Crippen LogP contribution in [-0.2, 0) is 6.67 Å². The van der Waals surface area contributed by atoms with Gasteiger partial charge in [0.15, 0.2) is 0 Å². The van der Waals surface area contributed by atoms with Crippen LogP contribution in [0.3, 0.4) is 0 Å². The number of allylic oxidation sites excluding steroid dienone is 2. The molecular weight excluding hydrogens is 280 g/mol. The van der Waals surface area contributed by atoms with Crippen LogP contribution in [0, 0.1) is 0 Å². The largest absolute Gasteiger partial charge is 0.395 e. The SMILES string of the molecule is CCC/C=C\c1nnn(CN(CCO)CCO)c1C=C(C)C. The molecule has 1 rings (SSSR count). The number of hydrogen-bond donors (Lipinski definition) is 2. The molecule has 2 N–H and O–H groups in total. The second-order valence-electron chi connectivity index (χ2n) is 5.48. The molecule has 0 fully saturated rings. The van der Waals surface area contributed by atoms with E-state index in [-0.39, 0.29) is 13.2 Å². The fourth-order valence-electron chi connectivity index (χ4n) is 2.07. The zero-order valence-electron chi connectivity index (χ0n) is 13.9. The van der Waals surface area contributed by atoms with Gasteiger partial charge in [-0.05, 0) is 32.4 Å². The third-order valence-electron chi connectivity index (χ3n) is 3.12. The van der Waals surface area contributed by atoms with Crippen LogP contribution in [0.15, 0.2) is 11.6 Å². The molecule has 0 atom stereocenters. The Morgan fingerprint density at radius 2 is 1.91 bits per heavy atom. The molecule has 0 saturated heterocycles. The summed E-state index contributed by atoms with van der Waals surface area (Å²) >= 11 is 0. The normalized spacial score (nSPS) is 11.5. The van der Waals surface area contributed by atoms with Gasteiger partial charge < -0.3 is 10.2 Å². The third-order valence-corrected chi connectivity index (χ3v) is 3.12. The first-order chi connectivity index (χ1) is 10.6. The fourth-order valence-corrected chi connectivity index (χ4v) is 2.07. The van der Waals surface area contributed by atoms with E-state index < -0.39 is 0 Å². The van der Waals surface area contributed by atoms with Gasteiger partial charge in [0.05, 0.1) is 25.6 Å². The molecule has 0 bridgehead atoms. The minimum absolute atomic E-state index is 0.0515. The topological polar surface area (TPSA) is 74.4 Å². The van der Waals surface area contributed by atoms with Crippen molar-refractivity contribution in [1.29, 1.82) is 0 Å². The van der Waals surface area contributed by atoms with Crippen LogP contribution >= 0.6 is 0 Å². The van der Waals surface area contributed by atoms with E-state index in [1.807, 2.05) is 29.5 Å². The molecule has 0 radical (unpaired) electrons. The van der Waals surface area contributed by atoms with Gasteiger partial charge in [-0.3, -0.25) is 4.90 Å². The Kier molecular flexibility index (Phi) is 8.65. The van der Waals surface area contributed by atoms with E-state index in [0.29, 0.717) is 19.8 Å². The zero-order chi connectivity index (χ0) is 16.4. The summed E-state index contributed by atoms with van der Waals surface area (Å²) in [5, 5.41) is 26.7. The number of hydrogen-bond acceptors (Lipinski definition) is 5. The highest BCUT2D eigenvalue weighted by Crippen LogP contribution is 2.14. The van der Waals surface area contributed by atoms with Crippen LogP contribution in [0.5, 0.6) is 0 Å². The number of aliphatic hydroxyl groups excluding tert-OH is 2. The van der Waals surface area contributed by atoms with Gasteiger partial charge in [0.1, 0.15) is 5.69 Å². The second kappa shape index (κ2) is 10.3. The average Bonchev–Trinajstić information content (AvgIpc) is 2.82. The average molecular weight is 308 g/mol. The summed E-state index contributed by atoms with van der Waals surface area (Å²) in [5.41, 5.74) is 2.97. The Hall–Kier alpha value is -1.50. The van der Waals surface area contributed by atoms with Crippen molar-refractivity contribution in [2.75, 3.05) is 26.3 Å². The molecule has 0 aliphatic carbocycles. The lowest BCUT2D eigenvalue weighted by molar-refractivity contribution is 0.128. The quantitative estimate of drug-likeness (QED) is 0.689. The Morgan fingerprint density at radius 1 is 1.23 bits per heavy atom. The monoisotopic (exact) mass is 308 g/mol. The number of unbranched alkanes of at least 4 members (excludes halogenated alkanes) is 1. The molecule has 124 valence electrons. The molecule has 6 nitrogen and oxygen atoms in total. The summed E-state index contributed by atoms with van der Waals surface area (Å²) in [5.74, 6) is 0. The van der Waals surface area contributed by atoms with Gasteiger partial charge in [0.25, 0.3) is 0 Å². The van der Waals surface area contributed by atoms with Crippen LogP contribution in [0.1, 0.15) is 45.0 Å². The summed E-state index contributed by atoms with van der Waals surface area (Å²) in [6, 6.07) is 0. The molecule has 0 aromatic carbocycles. The maximum absolute atomic E-state index is 9.11. The maximum atomic E-state index is 9.11. The lowest BCUT2D eigenvalue weighted by Crippen LogP contribution is -2.32. The van der Waals surface area contributed by atoms with Gasteiger partial charge in [0.2, 0.25) is 0 Å². The molecule has 1 heterocycles. The highest BCUT2D eigenvalue weighted by molar-refractivity contribution is 5.60. The van der Waals surface area contributed by atoms with Crippen LogP contribution < -0.4 is 0 Å². The van der Waals surface area contributed by atoms with Crippen molar-refractivity contribution in [3.8, 4) is 0 Å². The first-order valence-electron chi connectivity index (χ1n) is 7.81. The summed E-state index contributed by atoms with van der Waals surface area (Å²) in [6.07, 6.45) is 8.29. The van der Waals surface area contributed by atoms with Crippen LogP contribution in [-0.4, -0.2) is 56.4 Å². The Morgan fingerprint density at radius 3 is 2.45 bits per heavy atom. The van der Waals surface area contributed by atoms with Crippen molar-refractivity contribution in [1.82, 2.24) is 19.9 Å². The molecular formula is C16H28N4O2. The van der Waals surface area contributed by atoms with Gasteiger partial charge in [-0.1, -0.05) is 30.2 Å². The fraction of sp³-hybridized carbons (Fsp3) is 0.625. The van der Waals surface area contributed by atoms with E-state index >= 15 is 0 Å². The molecule has 6 heteroatoms. The first kappa shape index (κ1) is 18.5. The molecule has 0 spiro atoms. The highest BCUT2D eigenvalue weighted by atomic mass is 16.3. The minimum Gasteiger partial charge on any atom is -0.395 e. The van der Waals surface area contributed by atoms with Crippen molar-refractivity contribution >= 4 is 12.2 Å². The second-order valence-corrected chi connectivity index (χ2v) is 5.48. The van der Waals surface area contributed by atoms with Gasteiger partial charge in [-0.25, -0.2) is 4.68 Å². The minimum atomic E-state index is 0.0515. The summed E-state index contributed by atoms with van der Waals surface area (Å²) in [7, 11) is 0. The van der Waals surface area contributed by atoms with Crippen molar-refractivity contribution < 1.29 is 10.2 Å². The van der Waals surface area contributed by atoms with Crippen LogP contribution in [0.2, 0.25) is 0 Å². The zero-order valence-corrected chi connectivity index (χ0v) is 13.9. The van der Waals surface area contributed by atoms with E-state index in [4.69, 9.17) is 10.2 Å². The number of aromatic nitrogens is 3. The van der Waals surface area contributed by atoms with Gasteiger partial charge in [0, 0.05) is 13.1 Å². The lowest BCUT2D eigenvalue weighted by Gasteiger charge is -2.20. The van der Waals surface area contributed by atoms with Gasteiger partial charge >= 0.3 is 0 Å². The molecule has 1 aromatic rings. The van der Waals surface area contributed by atoms with Gasteiger partial charge in [-0.2, -0.15) is 0 Å². The summed E-state index contributed by atoms with van der Waals surface area (Å²) in [6.45, 7) is 7.80. The van der Waals surface area contributed by atoms with E-state index in [1.54, 1.807) is 0 Å². The number of aliphatic hydroxyl groups is 2. The highest BCUT2D eigenvalue weighted by Gasteiger charge is 2.12. The molecule has 22 heavy (non-hydrogen) atoms. The Bertz CT molecular complexity index is 484. The molecule has 0 amide bonds. The first-order valence-corrected chi connectivity index (χ1v) is 7.81. The van der Waals surface area contributed by atoms with Gasteiger partial charge in [-0.15, -0.1) is 5.10 Å². The van der Waals surface area contributed by atoms with Crippen LogP contribution in [0.4, 0.5) is 0 Å². The van der Waals surface area contributed by atoms with Crippen molar-refractivity contribution in [2.45, 2.75) is 40.3 Å². The van der Waals surface area contributed by atoms with Crippen molar-refractivity contribution in [2.24, 2.45) is 0 Å². The lowest BCUT2D eigenvalue weighted by atomic mass is 10.2. The summed E-state index contributed by atoms with van der Waals surface area (Å²) in [4.78, 5) is 1.94. The third kappa shape index (κ3) is 6.09. The molecule has 0 aliphatic heterocycles. The van der Waals surface area contributed by atoms with E-state index in [0.717, 1.165) is 24.2 Å². The van der Waals surface area contributed by atoms with Crippen molar-refractivity contribution in [3.63, 3.8) is 0 Å². The van der Waals surface area contributed by atoms with E-state index in [2.05, 4.69) is 29.4 Å². The van der Waals surface area contributed by atoms with E-state index in [9.17, 15) is 0 Å². The summed E-state index contributed by atoms with van der Waals surface area (Å²) < 4.78 is 1.81. The van der Waals surface area contributed by atoms with E-state index in [1.165, 1.54) is 5.57 Å². The predicted octanol–water partition coefficient (Wildman–Crippen LogP) is 1.76. The molecule has 0 aliphatic rings. The van der Waals surface area contributed by atoms with Crippen LogP contribution in [0.25, 0.3) is 12.2 Å². The van der Waals surface area contributed by atoms with Crippen molar-refractivity contribution in [3.05, 3.63) is 23.0 Å². The smallest absolute Gasteiger partial charge is 0.112 e. The maximum Gasteiger partial charge on any atom is 0.112 e. The number of rotatable bonds is 10. The molecule has 0 saturated carbocycles. The standard InChI is InChI=1S/C16H28N4O2/c1-4-5-6-7-15-16(12-14(2)3)20(18-17-15)13-19(8-10-21)9-11-22/h6-7,12,21-22H,4-5,8-11,13H2,1-3H3/b7-6-. The Labute approximate surface area is 132 Å². The predicted molar refractivity (Wildman–Crippen MR) is 89.0 cm³/mol. The molecule has 0 unspecified atom stereocenters. The number of nitrogens with zero attached hydrogens (tertiary/aromatic N) is 4. The molecule has 1 aromatic heterocycles.